The SMILES string of the molecule is COC[C@H](C)N1CCN([C@H](C)C(=O)Nc2ccccc2-c2ccccc2)CC1. The monoisotopic (exact) mass is 381 g/mol. The molecule has 0 saturated carbocycles. The number of methoxy groups -OCH3 is 1. The molecule has 28 heavy (non-hydrogen) atoms. The van der Waals surface area contributed by atoms with E-state index in [-0.39, 0.29) is 11.9 Å². The second-order valence-corrected chi connectivity index (χ2v) is 7.45. The number of carbonyl (C=O) groups is 1. The highest BCUT2D eigenvalue weighted by atomic mass is 16.5. The number of amides is 1. The molecule has 0 unspecified atom stereocenters. The van der Waals surface area contributed by atoms with E-state index in [1.807, 2.05) is 49.4 Å². The van der Waals surface area contributed by atoms with Gasteiger partial charge < -0.3 is 10.1 Å². The van der Waals surface area contributed by atoms with Crippen LogP contribution in [0.15, 0.2) is 54.6 Å². The first-order valence-electron chi connectivity index (χ1n) is 10.0. The van der Waals surface area contributed by atoms with Crippen LogP contribution in [-0.2, 0) is 9.53 Å². The number of para-hydroxylation sites is 1. The molecule has 1 aliphatic heterocycles. The van der Waals surface area contributed by atoms with Gasteiger partial charge in [-0.2, -0.15) is 0 Å². The summed E-state index contributed by atoms with van der Waals surface area (Å²) < 4.78 is 5.26. The maximum absolute atomic E-state index is 12.9. The zero-order valence-corrected chi connectivity index (χ0v) is 17.1. The molecule has 0 radical (unpaired) electrons. The van der Waals surface area contributed by atoms with Crippen LogP contribution in [0, 0.1) is 0 Å². The quantitative estimate of drug-likeness (QED) is 0.799. The molecule has 1 aliphatic rings. The number of anilines is 1. The van der Waals surface area contributed by atoms with Crippen molar-refractivity contribution in [2.24, 2.45) is 0 Å². The van der Waals surface area contributed by atoms with Gasteiger partial charge in [0.1, 0.15) is 0 Å². The molecule has 0 spiro atoms. The zero-order chi connectivity index (χ0) is 19.9. The van der Waals surface area contributed by atoms with Crippen molar-refractivity contribution in [3.63, 3.8) is 0 Å². The lowest BCUT2D eigenvalue weighted by Crippen LogP contribution is -2.55. The zero-order valence-electron chi connectivity index (χ0n) is 17.1. The van der Waals surface area contributed by atoms with E-state index in [1.54, 1.807) is 7.11 Å². The van der Waals surface area contributed by atoms with E-state index in [4.69, 9.17) is 4.74 Å². The number of ether oxygens (including phenoxy) is 1. The number of rotatable bonds is 7. The maximum atomic E-state index is 12.9. The van der Waals surface area contributed by atoms with Crippen molar-refractivity contribution in [3.05, 3.63) is 54.6 Å². The van der Waals surface area contributed by atoms with Crippen molar-refractivity contribution in [2.45, 2.75) is 25.9 Å². The Bertz CT molecular complexity index is 757. The van der Waals surface area contributed by atoms with Crippen LogP contribution in [0.4, 0.5) is 5.69 Å². The molecule has 0 aromatic heterocycles. The minimum atomic E-state index is -0.163. The van der Waals surface area contributed by atoms with Crippen LogP contribution in [0.25, 0.3) is 11.1 Å². The Labute approximate surface area is 168 Å². The molecule has 1 amide bonds. The van der Waals surface area contributed by atoms with E-state index in [0.29, 0.717) is 6.04 Å². The molecule has 1 fully saturated rings. The van der Waals surface area contributed by atoms with E-state index in [2.05, 4.69) is 34.2 Å². The van der Waals surface area contributed by atoms with Crippen LogP contribution >= 0.6 is 0 Å². The molecule has 2 aromatic rings. The Morgan fingerprint density at radius 1 is 0.964 bits per heavy atom. The summed E-state index contributed by atoms with van der Waals surface area (Å²) in [4.78, 5) is 17.6. The summed E-state index contributed by atoms with van der Waals surface area (Å²) in [5, 5.41) is 3.15. The molecule has 2 atom stereocenters. The van der Waals surface area contributed by atoms with Gasteiger partial charge in [-0.15, -0.1) is 0 Å². The molecule has 3 rings (SSSR count). The van der Waals surface area contributed by atoms with E-state index in [0.717, 1.165) is 49.6 Å². The highest BCUT2D eigenvalue weighted by Crippen LogP contribution is 2.27. The predicted molar refractivity (Wildman–Crippen MR) is 114 cm³/mol. The van der Waals surface area contributed by atoms with Gasteiger partial charge in [-0.25, -0.2) is 0 Å². The van der Waals surface area contributed by atoms with Gasteiger partial charge in [0.05, 0.1) is 12.6 Å². The van der Waals surface area contributed by atoms with E-state index < -0.39 is 0 Å². The molecule has 1 heterocycles. The van der Waals surface area contributed by atoms with Crippen LogP contribution in [0.2, 0.25) is 0 Å². The first-order valence-corrected chi connectivity index (χ1v) is 10.0. The standard InChI is InChI=1S/C23H31N3O2/c1-18(17-28-3)25-13-15-26(16-14-25)19(2)23(27)24-22-12-8-7-11-21(22)20-9-5-4-6-10-20/h4-12,18-19H,13-17H2,1-3H3,(H,24,27)/t18-,19+/m0/s1. The van der Waals surface area contributed by atoms with Gasteiger partial charge in [0, 0.05) is 50.6 Å². The number of piperazine rings is 1. The van der Waals surface area contributed by atoms with Gasteiger partial charge in [0.25, 0.3) is 0 Å². The number of benzene rings is 2. The molecule has 5 heteroatoms. The largest absolute Gasteiger partial charge is 0.383 e. The molecule has 1 N–H and O–H groups in total. The first kappa shape index (κ1) is 20.5. The summed E-state index contributed by atoms with van der Waals surface area (Å²) in [6, 6.07) is 18.4. The van der Waals surface area contributed by atoms with Gasteiger partial charge in [-0.3, -0.25) is 14.6 Å². The van der Waals surface area contributed by atoms with Crippen molar-refractivity contribution in [2.75, 3.05) is 45.2 Å². The van der Waals surface area contributed by atoms with Crippen molar-refractivity contribution >= 4 is 11.6 Å². The van der Waals surface area contributed by atoms with Crippen molar-refractivity contribution in [1.82, 2.24) is 9.80 Å². The molecule has 0 bridgehead atoms. The van der Waals surface area contributed by atoms with Gasteiger partial charge in [0.2, 0.25) is 5.91 Å². The number of hydrogen-bond donors (Lipinski definition) is 1. The highest BCUT2D eigenvalue weighted by Gasteiger charge is 2.27. The van der Waals surface area contributed by atoms with Crippen LogP contribution in [-0.4, -0.2) is 67.7 Å². The van der Waals surface area contributed by atoms with Crippen LogP contribution in [0.3, 0.4) is 0 Å². The normalized spacial score (nSPS) is 17.8. The van der Waals surface area contributed by atoms with E-state index in [9.17, 15) is 4.79 Å². The minimum Gasteiger partial charge on any atom is -0.383 e. The Morgan fingerprint density at radius 3 is 2.25 bits per heavy atom. The molecular formula is C23H31N3O2. The van der Waals surface area contributed by atoms with Crippen molar-refractivity contribution < 1.29 is 9.53 Å². The average Bonchev–Trinajstić information content (AvgIpc) is 2.74. The summed E-state index contributed by atoms with van der Waals surface area (Å²) in [6.45, 7) is 8.63. The van der Waals surface area contributed by atoms with Crippen molar-refractivity contribution in [1.29, 1.82) is 0 Å². The Morgan fingerprint density at radius 2 is 1.57 bits per heavy atom. The van der Waals surface area contributed by atoms with Crippen LogP contribution in [0.1, 0.15) is 13.8 Å². The molecular weight excluding hydrogens is 350 g/mol. The summed E-state index contributed by atoms with van der Waals surface area (Å²) in [5.74, 6) is 0.0433. The first-order chi connectivity index (χ1) is 13.6. The highest BCUT2D eigenvalue weighted by molar-refractivity contribution is 5.98. The average molecular weight is 382 g/mol. The Balaban J connectivity index is 1.62. The van der Waals surface area contributed by atoms with Gasteiger partial charge in [0.15, 0.2) is 0 Å². The molecule has 150 valence electrons. The lowest BCUT2D eigenvalue weighted by molar-refractivity contribution is -0.121. The fourth-order valence-electron chi connectivity index (χ4n) is 3.78. The third-order valence-electron chi connectivity index (χ3n) is 5.58. The molecule has 0 aliphatic carbocycles. The summed E-state index contributed by atoms with van der Waals surface area (Å²) >= 11 is 0. The van der Waals surface area contributed by atoms with Gasteiger partial charge in [-0.05, 0) is 25.5 Å². The fourth-order valence-corrected chi connectivity index (χ4v) is 3.78. The molecule has 2 aromatic carbocycles. The number of nitrogens with zero attached hydrogens (tertiary/aromatic N) is 2. The second kappa shape index (κ2) is 9.82. The predicted octanol–water partition coefficient (Wildman–Crippen LogP) is 3.33. The lowest BCUT2D eigenvalue weighted by atomic mass is 10.0. The number of carbonyl (C=O) groups excluding carboxylic acids is 1. The van der Waals surface area contributed by atoms with E-state index >= 15 is 0 Å². The number of hydrogen-bond acceptors (Lipinski definition) is 4. The fraction of sp³-hybridized carbons (Fsp3) is 0.435. The maximum Gasteiger partial charge on any atom is 0.241 e. The summed E-state index contributed by atoms with van der Waals surface area (Å²) in [6.07, 6.45) is 0. The van der Waals surface area contributed by atoms with Crippen molar-refractivity contribution in [3.8, 4) is 11.1 Å². The number of nitrogens with one attached hydrogen (secondary N) is 1. The third-order valence-corrected chi connectivity index (χ3v) is 5.58. The second-order valence-electron chi connectivity index (χ2n) is 7.45. The van der Waals surface area contributed by atoms with Gasteiger partial charge >= 0.3 is 0 Å². The lowest BCUT2D eigenvalue weighted by Gasteiger charge is -2.39. The molecule has 5 nitrogen and oxygen atoms in total. The Hall–Kier alpha value is -2.21. The van der Waals surface area contributed by atoms with Gasteiger partial charge in [-0.1, -0.05) is 48.5 Å². The van der Waals surface area contributed by atoms with Crippen LogP contribution in [0.5, 0.6) is 0 Å². The molecule has 1 saturated heterocycles. The van der Waals surface area contributed by atoms with E-state index in [1.165, 1.54) is 0 Å². The third kappa shape index (κ3) is 4.98. The Kier molecular flexibility index (Phi) is 7.20. The summed E-state index contributed by atoms with van der Waals surface area (Å²) in [7, 11) is 1.74. The summed E-state index contributed by atoms with van der Waals surface area (Å²) in [5.41, 5.74) is 3.01. The minimum absolute atomic E-state index is 0.0433. The topological polar surface area (TPSA) is 44.8 Å². The smallest absolute Gasteiger partial charge is 0.241 e. The van der Waals surface area contributed by atoms with Crippen LogP contribution < -0.4 is 5.32 Å².